The number of anilines is 6. The molecule has 0 N–H and O–H groups in total. The van der Waals surface area contributed by atoms with E-state index in [-0.39, 0.29) is 0 Å². The predicted octanol–water partition coefficient (Wildman–Crippen LogP) is 13.6. The standard InChI is InChI=1S/2C25H20N2S/c2*1-18-16-19(17-25-26(2)23-14-8-9-15-24(23)28-25)21-12-6-7-13-22(21)27(18)20-10-4-3-5-11-20/h2*3-17H,1H2,2H3/b2*25-17+. The maximum atomic E-state index is 4.35. The van der Waals surface area contributed by atoms with E-state index in [1.165, 1.54) is 53.5 Å². The van der Waals surface area contributed by atoms with Crippen LogP contribution in [-0.4, -0.2) is 14.1 Å². The summed E-state index contributed by atoms with van der Waals surface area (Å²) in [7, 11) is 4.26. The van der Waals surface area contributed by atoms with Gasteiger partial charge in [0.1, 0.15) is 0 Å². The van der Waals surface area contributed by atoms with Gasteiger partial charge in [0.25, 0.3) is 0 Å². The lowest BCUT2D eigenvalue weighted by molar-refractivity contribution is 1.17. The molecule has 272 valence electrons. The van der Waals surface area contributed by atoms with Crippen molar-refractivity contribution in [2.24, 2.45) is 0 Å². The average Bonchev–Trinajstić information content (AvgIpc) is 3.73. The fourth-order valence-corrected chi connectivity index (χ4v) is 9.75. The summed E-state index contributed by atoms with van der Waals surface area (Å²) in [6.45, 7) is 8.71. The van der Waals surface area contributed by atoms with Gasteiger partial charge in [-0.3, -0.25) is 0 Å². The van der Waals surface area contributed by atoms with Gasteiger partial charge >= 0.3 is 0 Å². The van der Waals surface area contributed by atoms with Crippen LogP contribution in [0.25, 0.3) is 11.1 Å². The lowest BCUT2D eigenvalue weighted by atomic mass is 9.97. The van der Waals surface area contributed by atoms with Crippen molar-refractivity contribution in [1.29, 1.82) is 0 Å². The Bertz CT molecular complexity index is 2440. The highest BCUT2D eigenvalue weighted by molar-refractivity contribution is 8.04. The Labute approximate surface area is 338 Å². The minimum absolute atomic E-state index is 0.972. The molecule has 4 heterocycles. The SMILES string of the molecule is C=C1C=C(/C=C2/Sc3ccccc3N2C)c2ccccc2N1c1ccccc1.C=C1C=C(/C=C2/Sc3ccccc3N2C)c2ccccc2N1c1ccccc1. The minimum Gasteiger partial charge on any atom is -0.338 e. The van der Waals surface area contributed by atoms with Crippen LogP contribution >= 0.6 is 23.5 Å². The first-order valence-electron chi connectivity index (χ1n) is 18.6. The maximum Gasteiger partial charge on any atom is 0.0805 e. The minimum atomic E-state index is 0.972. The highest BCUT2D eigenvalue weighted by Crippen LogP contribution is 2.49. The molecule has 6 aromatic carbocycles. The largest absolute Gasteiger partial charge is 0.338 e. The summed E-state index contributed by atoms with van der Waals surface area (Å²) < 4.78 is 0. The maximum absolute atomic E-state index is 4.35. The molecule has 4 nitrogen and oxygen atoms in total. The van der Waals surface area contributed by atoms with Crippen LogP contribution in [0.4, 0.5) is 34.1 Å². The number of hydrogen-bond donors (Lipinski definition) is 0. The topological polar surface area (TPSA) is 13.0 Å². The Morgan fingerprint density at radius 2 is 0.750 bits per heavy atom. The summed E-state index contributed by atoms with van der Waals surface area (Å²) in [6, 6.07) is 55.0. The first-order chi connectivity index (χ1) is 27.4. The lowest BCUT2D eigenvalue weighted by Crippen LogP contribution is -2.19. The van der Waals surface area contributed by atoms with E-state index in [1.54, 1.807) is 0 Å². The second-order valence-corrected chi connectivity index (χ2v) is 15.9. The number of hydrogen-bond acceptors (Lipinski definition) is 6. The number of para-hydroxylation sites is 6. The Morgan fingerprint density at radius 1 is 0.411 bits per heavy atom. The molecule has 0 unspecified atom stereocenters. The first kappa shape index (κ1) is 35.4. The second kappa shape index (κ2) is 15.1. The van der Waals surface area contributed by atoms with Crippen molar-refractivity contribution < 1.29 is 0 Å². The molecule has 0 saturated carbocycles. The molecule has 6 heteroatoms. The summed E-state index contributed by atoms with van der Waals surface area (Å²) in [5, 5.41) is 2.45. The summed E-state index contributed by atoms with van der Waals surface area (Å²) in [5.74, 6) is 0. The molecular weight excluding hydrogens is 721 g/mol. The lowest BCUT2D eigenvalue weighted by Gasteiger charge is -2.32. The predicted molar refractivity (Wildman–Crippen MR) is 242 cm³/mol. The van der Waals surface area contributed by atoms with Crippen LogP contribution in [0.3, 0.4) is 0 Å². The van der Waals surface area contributed by atoms with Gasteiger partial charge in [-0.25, -0.2) is 0 Å². The smallest absolute Gasteiger partial charge is 0.0805 e. The third-order valence-electron chi connectivity index (χ3n) is 10.3. The third kappa shape index (κ3) is 6.57. The molecule has 0 fully saturated rings. The summed E-state index contributed by atoms with van der Waals surface area (Å²) in [5.41, 5.74) is 13.9. The zero-order valence-electron chi connectivity index (χ0n) is 31.3. The molecular formula is C50H40N4S2. The molecule has 0 spiro atoms. The number of nitrogens with zero attached hydrogens (tertiary/aromatic N) is 4. The van der Waals surface area contributed by atoms with Crippen molar-refractivity contribution in [1.82, 2.24) is 0 Å². The van der Waals surface area contributed by atoms with E-state index in [9.17, 15) is 0 Å². The Hall–Kier alpha value is -6.34. The van der Waals surface area contributed by atoms with Crippen molar-refractivity contribution in [3.8, 4) is 0 Å². The van der Waals surface area contributed by atoms with Crippen LogP contribution in [0.15, 0.2) is 226 Å². The van der Waals surface area contributed by atoms with Gasteiger partial charge in [0.2, 0.25) is 0 Å². The van der Waals surface area contributed by atoms with Crippen molar-refractivity contribution in [3.63, 3.8) is 0 Å². The van der Waals surface area contributed by atoms with Gasteiger partial charge < -0.3 is 19.6 Å². The fourth-order valence-electron chi connectivity index (χ4n) is 7.54. The number of rotatable bonds is 4. The highest BCUT2D eigenvalue weighted by Gasteiger charge is 2.27. The normalized spacial score (nSPS) is 16.8. The number of benzene rings is 6. The van der Waals surface area contributed by atoms with Gasteiger partial charge in [-0.2, -0.15) is 0 Å². The van der Waals surface area contributed by atoms with E-state index in [0.717, 1.165) is 34.1 Å². The molecule has 0 bridgehead atoms. The van der Waals surface area contributed by atoms with Crippen LogP contribution in [0.5, 0.6) is 0 Å². The number of fused-ring (bicyclic) bond motifs is 4. The van der Waals surface area contributed by atoms with Crippen molar-refractivity contribution in [2.45, 2.75) is 9.79 Å². The Morgan fingerprint density at radius 3 is 1.14 bits per heavy atom. The fraction of sp³-hybridized carbons (Fsp3) is 0.0400. The van der Waals surface area contributed by atoms with E-state index >= 15 is 0 Å². The summed E-state index contributed by atoms with van der Waals surface area (Å²) >= 11 is 3.63. The number of allylic oxidation sites excluding steroid dienone is 6. The van der Waals surface area contributed by atoms with Crippen molar-refractivity contribution in [3.05, 3.63) is 228 Å². The molecule has 4 aliphatic rings. The molecule has 6 aromatic rings. The van der Waals surface area contributed by atoms with Gasteiger partial charge in [-0.15, -0.1) is 0 Å². The number of thioether (sulfide) groups is 2. The monoisotopic (exact) mass is 760 g/mol. The third-order valence-corrected chi connectivity index (χ3v) is 12.6. The zero-order chi connectivity index (χ0) is 38.2. The van der Waals surface area contributed by atoms with E-state index in [0.29, 0.717) is 0 Å². The molecule has 0 amide bonds. The van der Waals surface area contributed by atoms with E-state index in [4.69, 9.17) is 0 Å². The van der Waals surface area contributed by atoms with E-state index in [1.807, 2.05) is 35.7 Å². The Balaban J connectivity index is 0.000000146. The second-order valence-electron chi connectivity index (χ2n) is 13.8. The van der Waals surface area contributed by atoms with Crippen LogP contribution in [0.2, 0.25) is 0 Å². The average molecular weight is 761 g/mol. The highest BCUT2D eigenvalue weighted by atomic mass is 32.2. The van der Waals surface area contributed by atoms with Gasteiger partial charge in [-0.1, -0.05) is 134 Å². The van der Waals surface area contributed by atoms with Crippen LogP contribution in [-0.2, 0) is 0 Å². The summed E-state index contributed by atoms with van der Waals surface area (Å²) in [4.78, 5) is 11.6. The van der Waals surface area contributed by atoms with Crippen molar-refractivity contribution in [2.75, 3.05) is 33.7 Å². The zero-order valence-corrected chi connectivity index (χ0v) is 33.0. The van der Waals surface area contributed by atoms with Gasteiger partial charge in [0.15, 0.2) is 0 Å². The Kier molecular flexibility index (Phi) is 9.51. The molecule has 0 atom stereocenters. The van der Waals surface area contributed by atoms with Gasteiger partial charge in [-0.05, 0) is 96.1 Å². The molecule has 0 aromatic heterocycles. The molecule has 0 saturated heterocycles. The van der Waals surface area contributed by atoms with Gasteiger partial charge in [0.05, 0.1) is 32.8 Å². The molecule has 0 aliphatic carbocycles. The van der Waals surface area contributed by atoms with Crippen LogP contribution in [0.1, 0.15) is 11.1 Å². The van der Waals surface area contributed by atoms with E-state index < -0.39 is 0 Å². The molecule has 4 aliphatic heterocycles. The first-order valence-corrected chi connectivity index (χ1v) is 20.2. The van der Waals surface area contributed by atoms with Crippen LogP contribution in [0, 0.1) is 0 Å². The molecule has 0 radical (unpaired) electrons. The molecule has 10 rings (SSSR count). The summed E-state index contributed by atoms with van der Waals surface area (Å²) in [6.07, 6.45) is 8.91. The van der Waals surface area contributed by atoms with Crippen molar-refractivity contribution >= 4 is 68.8 Å². The van der Waals surface area contributed by atoms with Gasteiger partial charge in [0, 0.05) is 57.8 Å². The molecule has 56 heavy (non-hydrogen) atoms. The quantitative estimate of drug-likeness (QED) is 0.176. The van der Waals surface area contributed by atoms with Crippen LogP contribution < -0.4 is 19.6 Å². The van der Waals surface area contributed by atoms with E-state index in [2.05, 4.69) is 217 Å².